The van der Waals surface area contributed by atoms with Crippen molar-refractivity contribution in [2.75, 3.05) is 19.6 Å². The molecule has 3 nitrogen and oxygen atoms in total. The first kappa shape index (κ1) is 11.5. The largest absolute Gasteiger partial charge is 0.356 e. The van der Waals surface area contributed by atoms with E-state index in [1.807, 2.05) is 6.92 Å². The Morgan fingerprint density at radius 2 is 2.36 bits per heavy atom. The van der Waals surface area contributed by atoms with Crippen LogP contribution in [0.15, 0.2) is 0 Å². The Kier molecular flexibility index (Phi) is 4.39. The van der Waals surface area contributed by atoms with Crippen molar-refractivity contribution in [3.63, 3.8) is 0 Å². The molecule has 1 aliphatic rings. The van der Waals surface area contributed by atoms with E-state index in [-0.39, 0.29) is 11.3 Å². The summed E-state index contributed by atoms with van der Waals surface area (Å²) in [6.45, 7) is 7.24. The highest BCUT2D eigenvalue weighted by Gasteiger charge is 2.26. The average molecular weight is 198 g/mol. The lowest BCUT2D eigenvalue weighted by Gasteiger charge is -2.34. The molecule has 1 atom stereocenters. The highest BCUT2D eigenvalue weighted by atomic mass is 16.1. The molecule has 0 aliphatic carbocycles. The molecule has 1 heterocycles. The van der Waals surface area contributed by atoms with Gasteiger partial charge in [-0.15, -0.1) is 0 Å². The smallest absolute Gasteiger partial charge is 0.220 e. The minimum atomic E-state index is 0.194. The Labute approximate surface area is 86.6 Å². The molecule has 14 heavy (non-hydrogen) atoms. The van der Waals surface area contributed by atoms with Crippen molar-refractivity contribution in [3.8, 4) is 0 Å². The van der Waals surface area contributed by atoms with E-state index in [0.717, 1.165) is 26.1 Å². The fraction of sp³-hybridized carbons (Fsp3) is 0.909. The SMILES string of the molecule is CCCC(=O)NCC1(C)CCCNC1. The van der Waals surface area contributed by atoms with Crippen LogP contribution < -0.4 is 10.6 Å². The lowest BCUT2D eigenvalue weighted by molar-refractivity contribution is -0.121. The summed E-state index contributed by atoms with van der Waals surface area (Å²) in [6, 6.07) is 0. The van der Waals surface area contributed by atoms with Gasteiger partial charge in [-0.05, 0) is 31.2 Å². The first-order chi connectivity index (χ1) is 6.66. The summed E-state index contributed by atoms with van der Waals surface area (Å²) < 4.78 is 0. The lowest BCUT2D eigenvalue weighted by atomic mass is 9.83. The molecule has 0 aromatic rings. The first-order valence-corrected chi connectivity index (χ1v) is 5.64. The van der Waals surface area contributed by atoms with E-state index in [1.165, 1.54) is 12.8 Å². The van der Waals surface area contributed by atoms with E-state index < -0.39 is 0 Å². The summed E-state index contributed by atoms with van der Waals surface area (Å²) in [5.41, 5.74) is 0.266. The highest BCUT2D eigenvalue weighted by Crippen LogP contribution is 2.24. The van der Waals surface area contributed by atoms with Gasteiger partial charge in [-0.3, -0.25) is 4.79 Å². The number of carbonyl (C=O) groups is 1. The highest BCUT2D eigenvalue weighted by molar-refractivity contribution is 5.75. The van der Waals surface area contributed by atoms with E-state index in [9.17, 15) is 4.79 Å². The number of hydrogen-bond acceptors (Lipinski definition) is 2. The van der Waals surface area contributed by atoms with E-state index >= 15 is 0 Å². The molecule has 0 saturated carbocycles. The van der Waals surface area contributed by atoms with Crippen molar-refractivity contribution in [2.24, 2.45) is 5.41 Å². The zero-order chi connectivity index (χ0) is 10.4. The van der Waals surface area contributed by atoms with Gasteiger partial charge < -0.3 is 10.6 Å². The van der Waals surface area contributed by atoms with Crippen LogP contribution in [0.2, 0.25) is 0 Å². The van der Waals surface area contributed by atoms with Crippen LogP contribution in [-0.4, -0.2) is 25.5 Å². The standard InChI is InChI=1S/C11H22N2O/c1-3-5-10(14)13-9-11(2)6-4-7-12-8-11/h12H,3-9H2,1-2H3,(H,13,14). The molecule has 0 spiro atoms. The van der Waals surface area contributed by atoms with Crippen LogP contribution in [0, 0.1) is 5.41 Å². The van der Waals surface area contributed by atoms with Crippen LogP contribution >= 0.6 is 0 Å². The zero-order valence-electron chi connectivity index (χ0n) is 9.36. The minimum absolute atomic E-state index is 0.194. The summed E-state index contributed by atoms with van der Waals surface area (Å²) in [5.74, 6) is 0.194. The molecule has 0 radical (unpaired) electrons. The molecule has 1 fully saturated rings. The lowest BCUT2D eigenvalue weighted by Crippen LogP contribution is -2.45. The normalized spacial score (nSPS) is 27.3. The topological polar surface area (TPSA) is 41.1 Å². The number of carbonyl (C=O) groups excluding carboxylic acids is 1. The molecule has 1 saturated heterocycles. The summed E-state index contributed by atoms with van der Waals surface area (Å²) in [6.07, 6.45) is 4.02. The molecule has 1 rings (SSSR count). The third-order valence-electron chi connectivity index (χ3n) is 2.88. The predicted molar refractivity (Wildman–Crippen MR) is 58.1 cm³/mol. The van der Waals surface area contributed by atoms with Crippen LogP contribution in [0.4, 0.5) is 0 Å². The number of nitrogens with one attached hydrogen (secondary N) is 2. The van der Waals surface area contributed by atoms with E-state index in [1.54, 1.807) is 0 Å². The fourth-order valence-corrected chi connectivity index (χ4v) is 1.90. The predicted octanol–water partition coefficient (Wildman–Crippen LogP) is 1.29. The maximum atomic E-state index is 11.3. The van der Waals surface area contributed by atoms with Crippen molar-refractivity contribution in [3.05, 3.63) is 0 Å². The van der Waals surface area contributed by atoms with Crippen LogP contribution in [0.1, 0.15) is 39.5 Å². The van der Waals surface area contributed by atoms with Crippen LogP contribution in [0.5, 0.6) is 0 Å². The molecule has 1 amide bonds. The molecule has 2 N–H and O–H groups in total. The second kappa shape index (κ2) is 5.35. The van der Waals surface area contributed by atoms with Gasteiger partial charge in [0.15, 0.2) is 0 Å². The monoisotopic (exact) mass is 198 g/mol. The number of piperidine rings is 1. The first-order valence-electron chi connectivity index (χ1n) is 5.64. The van der Waals surface area contributed by atoms with Crippen molar-refractivity contribution in [1.29, 1.82) is 0 Å². The molecule has 0 bridgehead atoms. The van der Waals surface area contributed by atoms with Crippen molar-refractivity contribution < 1.29 is 4.79 Å². The summed E-state index contributed by atoms with van der Waals surface area (Å²) in [4.78, 5) is 11.3. The Morgan fingerprint density at radius 1 is 1.57 bits per heavy atom. The van der Waals surface area contributed by atoms with Gasteiger partial charge in [0, 0.05) is 19.5 Å². The van der Waals surface area contributed by atoms with Crippen molar-refractivity contribution in [2.45, 2.75) is 39.5 Å². The average Bonchev–Trinajstić information content (AvgIpc) is 2.17. The van der Waals surface area contributed by atoms with E-state index in [2.05, 4.69) is 17.6 Å². The van der Waals surface area contributed by atoms with Gasteiger partial charge in [-0.25, -0.2) is 0 Å². The van der Waals surface area contributed by atoms with Gasteiger partial charge in [0.25, 0.3) is 0 Å². The second-order valence-corrected chi connectivity index (χ2v) is 4.62. The van der Waals surface area contributed by atoms with Gasteiger partial charge >= 0.3 is 0 Å². The maximum absolute atomic E-state index is 11.3. The fourth-order valence-electron chi connectivity index (χ4n) is 1.90. The third kappa shape index (κ3) is 3.66. The van der Waals surface area contributed by atoms with E-state index in [4.69, 9.17) is 0 Å². The Morgan fingerprint density at radius 3 is 2.93 bits per heavy atom. The number of hydrogen-bond donors (Lipinski definition) is 2. The maximum Gasteiger partial charge on any atom is 0.220 e. The second-order valence-electron chi connectivity index (χ2n) is 4.62. The zero-order valence-corrected chi connectivity index (χ0v) is 9.36. The van der Waals surface area contributed by atoms with Crippen LogP contribution in [0.25, 0.3) is 0 Å². The molecule has 3 heteroatoms. The Bertz CT molecular complexity index is 186. The quantitative estimate of drug-likeness (QED) is 0.714. The molecule has 1 unspecified atom stereocenters. The van der Waals surface area contributed by atoms with Crippen LogP contribution in [0.3, 0.4) is 0 Å². The van der Waals surface area contributed by atoms with Crippen molar-refractivity contribution in [1.82, 2.24) is 10.6 Å². The molecule has 1 aliphatic heterocycles. The molecule has 82 valence electrons. The Balaban J connectivity index is 2.24. The summed E-state index contributed by atoms with van der Waals surface area (Å²) in [5, 5.41) is 6.39. The minimum Gasteiger partial charge on any atom is -0.356 e. The molecular weight excluding hydrogens is 176 g/mol. The van der Waals surface area contributed by atoms with Gasteiger partial charge in [-0.1, -0.05) is 13.8 Å². The Hall–Kier alpha value is -0.570. The van der Waals surface area contributed by atoms with Crippen LogP contribution in [-0.2, 0) is 4.79 Å². The van der Waals surface area contributed by atoms with E-state index in [0.29, 0.717) is 6.42 Å². The molecule has 0 aromatic carbocycles. The van der Waals surface area contributed by atoms with Gasteiger partial charge in [-0.2, -0.15) is 0 Å². The van der Waals surface area contributed by atoms with Gasteiger partial charge in [0.2, 0.25) is 5.91 Å². The number of rotatable bonds is 4. The summed E-state index contributed by atoms with van der Waals surface area (Å²) >= 11 is 0. The third-order valence-corrected chi connectivity index (χ3v) is 2.88. The molecule has 0 aromatic heterocycles. The number of amides is 1. The summed E-state index contributed by atoms with van der Waals surface area (Å²) in [7, 11) is 0. The van der Waals surface area contributed by atoms with Gasteiger partial charge in [0.05, 0.1) is 0 Å². The van der Waals surface area contributed by atoms with Crippen molar-refractivity contribution >= 4 is 5.91 Å². The molecular formula is C11H22N2O. The van der Waals surface area contributed by atoms with Gasteiger partial charge in [0.1, 0.15) is 0 Å².